The van der Waals surface area contributed by atoms with Crippen molar-refractivity contribution in [2.24, 2.45) is 5.73 Å². The van der Waals surface area contributed by atoms with Crippen LogP contribution < -0.4 is 5.73 Å². The highest BCUT2D eigenvalue weighted by molar-refractivity contribution is 6.31. The average Bonchev–Trinajstić information content (AvgIpc) is 2.19. The minimum absolute atomic E-state index is 0.320. The van der Waals surface area contributed by atoms with Crippen LogP contribution in [0.15, 0.2) is 18.2 Å². The molecule has 0 heterocycles. The maximum absolute atomic E-state index is 12.9. The highest BCUT2D eigenvalue weighted by atomic mass is 35.5. The molecule has 3 N–H and O–H groups in total. The lowest BCUT2D eigenvalue weighted by Gasteiger charge is -2.17. The fourth-order valence-corrected chi connectivity index (χ4v) is 1.56. The van der Waals surface area contributed by atoms with Crippen molar-refractivity contribution in [2.45, 2.75) is 18.9 Å². The lowest BCUT2D eigenvalue weighted by Crippen LogP contribution is -2.35. The number of rotatable bonds is 3. The number of carboxylic acid groups (broad SMARTS) is 1. The molecule has 2 unspecified atom stereocenters. The van der Waals surface area contributed by atoms with Crippen LogP contribution in [0.4, 0.5) is 4.39 Å². The molecule has 0 aliphatic carbocycles. The van der Waals surface area contributed by atoms with Gasteiger partial charge in [-0.1, -0.05) is 18.5 Å². The zero-order valence-electron chi connectivity index (χ0n) is 8.08. The van der Waals surface area contributed by atoms with E-state index in [1.807, 2.05) is 0 Å². The summed E-state index contributed by atoms with van der Waals surface area (Å²) in [6.45, 7) is 1.60. The van der Waals surface area contributed by atoms with Crippen LogP contribution in [0.3, 0.4) is 0 Å². The molecule has 1 aromatic rings. The Labute approximate surface area is 91.7 Å². The van der Waals surface area contributed by atoms with E-state index < -0.39 is 23.7 Å². The van der Waals surface area contributed by atoms with Crippen LogP contribution >= 0.6 is 11.6 Å². The number of hydrogen-bond donors (Lipinski definition) is 2. The van der Waals surface area contributed by atoms with Crippen molar-refractivity contribution in [2.75, 3.05) is 0 Å². The van der Waals surface area contributed by atoms with Gasteiger partial charge in [0.1, 0.15) is 11.9 Å². The monoisotopic (exact) mass is 231 g/mol. The van der Waals surface area contributed by atoms with E-state index in [0.717, 1.165) is 0 Å². The van der Waals surface area contributed by atoms with Gasteiger partial charge in [-0.3, -0.25) is 4.79 Å². The van der Waals surface area contributed by atoms with Crippen molar-refractivity contribution >= 4 is 17.6 Å². The summed E-state index contributed by atoms with van der Waals surface area (Å²) < 4.78 is 12.9. The molecule has 0 spiro atoms. The summed E-state index contributed by atoms with van der Waals surface area (Å²) in [5.74, 6) is -2.13. The highest BCUT2D eigenvalue weighted by Crippen LogP contribution is 2.27. The molecule has 0 aliphatic heterocycles. The zero-order chi connectivity index (χ0) is 11.6. The molecular weight excluding hydrogens is 221 g/mol. The fraction of sp³-hybridized carbons (Fsp3) is 0.300. The van der Waals surface area contributed by atoms with Crippen LogP contribution in [0.2, 0.25) is 5.02 Å². The quantitative estimate of drug-likeness (QED) is 0.836. The molecule has 0 saturated carbocycles. The molecule has 3 nitrogen and oxygen atoms in total. The van der Waals surface area contributed by atoms with Gasteiger partial charge in [-0.25, -0.2) is 4.39 Å². The molecule has 0 fully saturated rings. The van der Waals surface area contributed by atoms with Crippen LogP contribution in [-0.4, -0.2) is 17.1 Å². The van der Waals surface area contributed by atoms with Gasteiger partial charge < -0.3 is 10.8 Å². The second-order valence-corrected chi connectivity index (χ2v) is 3.73. The van der Waals surface area contributed by atoms with E-state index in [0.29, 0.717) is 10.6 Å². The number of benzene rings is 1. The fourth-order valence-electron chi connectivity index (χ4n) is 1.27. The average molecular weight is 232 g/mol. The molecule has 0 aliphatic rings. The summed E-state index contributed by atoms with van der Waals surface area (Å²) in [6, 6.07) is 2.71. The molecule has 1 rings (SSSR count). The van der Waals surface area contributed by atoms with Crippen LogP contribution in [-0.2, 0) is 4.79 Å². The Morgan fingerprint density at radius 2 is 2.20 bits per heavy atom. The van der Waals surface area contributed by atoms with E-state index in [1.165, 1.54) is 18.2 Å². The van der Waals surface area contributed by atoms with Crippen LogP contribution in [0.1, 0.15) is 18.4 Å². The first-order valence-electron chi connectivity index (χ1n) is 4.37. The molecule has 0 amide bonds. The topological polar surface area (TPSA) is 63.3 Å². The van der Waals surface area contributed by atoms with Gasteiger partial charge in [0.05, 0.1) is 0 Å². The van der Waals surface area contributed by atoms with Crippen LogP contribution in [0.25, 0.3) is 0 Å². The summed E-state index contributed by atoms with van der Waals surface area (Å²) in [7, 11) is 0. The number of hydrogen-bond acceptors (Lipinski definition) is 2. The van der Waals surface area contributed by atoms with Gasteiger partial charge in [-0.15, -0.1) is 0 Å². The van der Waals surface area contributed by atoms with Crippen molar-refractivity contribution in [3.05, 3.63) is 34.6 Å². The Kier molecular flexibility index (Phi) is 3.66. The number of halogens is 2. The normalized spacial score (nSPS) is 14.7. The van der Waals surface area contributed by atoms with Crippen molar-refractivity contribution in [3.63, 3.8) is 0 Å². The molecule has 2 atom stereocenters. The van der Waals surface area contributed by atoms with Crippen molar-refractivity contribution in [1.29, 1.82) is 0 Å². The van der Waals surface area contributed by atoms with Gasteiger partial charge in [0.2, 0.25) is 0 Å². The zero-order valence-corrected chi connectivity index (χ0v) is 8.83. The van der Waals surface area contributed by atoms with Crippen molar-refractivity contribution < 1.29 is 14.3 Å². The minimum atomic E-state index is -1.14. The lowest BCUT2D eigenvalue weighted by atomic mass is 9.94. The van der Waals surface area contributed by atoms with Crippen molar-refractivity contribution in [1.82, 2.24) is 0 Å². The van der Waals surface area contributed by atoms with Gasteiger partial charge in [-0.2, -0.15) is 0 Å². The highest BCUT2D eigenvalue weighted by Gasteiger charge is 2.23. The molecule has 82 valence electrons. The molecule has 1 aromatic carbocycles. The Morgan fingerprint density at radius 1 is 1.60 bits per heavy atom. The Bertz CT molecular complexity index is 384. The Balaban J connectivity index is 3.04. The third-order valence-electron chi connectivity index (χ3n) is 2.27. The number of carbonyl (C=O) groups is 1. The maximum Gasteiger partial charge on any atom is 0.321 e. The summed E-state index contributed by atoms with van der Waals surface area (Å²) >= 11 is 5.82. The summed E-state index contributed by atoms with van der Waals surface area (Å²) in [4.78, 5) is 10.6. The largest absolute Gasteiger partial charge is 0.480 e. The summed E-state index contributed by atoms with van der Waals surface area (Å²) in [6.07, 6.45) is 0. The van der Waals surface area contributed by atoms with E-state index in [9.17, 15) is 9.18 Å². The van der Waals surface area contributed by atoms with Gasteiger partial charge in [0, 0.05) is 10.9 Å². The van der Waals surface area contributed by atoms with Gasteiger partial charge in [0.25, 0.3) is 0 Å². The molecule has 0 radical (unpaired) electrons. The molecule has 15 heavy (non-hydrogen) atoms. The number of nitrogens with two attached hydrogens (primary N) is 1. The third-order valence-corrected chi connectivity index (χ3v) is 2.62. The second kappa shape index (κ2) is 4.59. The third kappa shape index (κ3) is 2.67. The Hall–Kier alpha value is -1.13. The van der Waals surface area contributed by atoms with E-state index in [2.05, 4.69) is 0 Å². The van der Waals surface area contributed by atoms with Crippen molar-refractivity contribution in [3.8, 4) is 0 Å². The van der Waals surface area contributed by atoms with Crippen LogP contribution in [0.5, 0.6) is 0 Å². The first-order valence-corrected chi connectivity index (χ1v) is 4.74. The minimum Gasteiger partial charge on any atom is -0.480 e. The molecule has 0 aromatic heterocycles. The van der Waals surface area contributed by atoms with E-state index >= 15 is 0 Å². The first-order chi connectivity index (χ1) is 6.93. The SMILES string of the molecule is CC(c1cc(F)ccc1Cl)C(N)C(=O)O. The van der Waals surface area contributed by atoms with E-state index in [1.54, 1.807) is 6.92 Å². The maximum atomic E-state index is 12.9. The van der Waals surface area contributed by atoms with Crippen LogP contribution in [0, 0.1) is 5.82 Å². The van der Waals surface area contributed by atoms with Gasteiger partial charge in [-0.05, 0) is 23.8 Å². The smallest absolute Gasteiger partial charge is 0.321 e. The molecule has 0 bridgehead atoms. The predicted molar refractivity (Wildman–Crippen MR) is 55.4 cm³/mol. The van der Waals surface area contributed by atoms with Gasteiger partial charge in [0.15, 0.2) is 0 Å². The first kappa shape index (κ1) is 11.9. The molecule has 0 saturated heterocycles. The summed E-state index contributed by atoms with van der Waals surface area (Å²) in [5.41, 5.74) is 5.84. The molecular formula is C10H11ClFNO2. The second-order valence-electron chi connectivity index (χ2n) is 3.32. The molecule has 5 heteroatoms. The lowest BCUT2D eigenvalue weighted by molar-refractivity contribution is -0.139. The predicted octanol–water partition coefficient (Wildman–Crippen LogP) is 1.99. The number of aliphatic carboxylic acids is 1. The van der Waals surface area contributed by atoms with E-state index in [-0.39, 0.29) is 0 Å². The summed E-state index contributed by atoms with van der Waals surface area (Å²) in [5, 5.41) is 9.03. The van der Waals surface area contributed by atoms with E-state index in [4.69, 9.17) is 22.4 Å². The Morgan fingerprint density at radius 3 is 2.73 bits per heavy atom. The van der Waals surface area contributed by atoms with Gasteiger partial charge >= 0.3 is 5.97 Å². The standard InChI is InChI=1S/C10H11ClFNO2/c1-5(9(13)10(14)15)7-4-6(12)2-3-8(7)11/h2-5,9H,13H2,1H3,(H,14,15). The number of carboxylic acids is 1.